The Morgan fingerprint density at radius 1 is 1.22 bits per heavy atom. The van der Waals surface area contributed by atoms with Crippen molar-refractivity contribution in [3.8, 4) is 0 Å². The number of carbonyl (C=O) groups is 1. The third-order valence-corrected chi connectivity index (χ3v) is 4.40. The van der Waals surface area contributed by atoms with E-state index in [0.717, 1.165) is 37.0 Å². The molecule has 0 aliphatic heterocycles. The topological polar surface area (TPSA) is 55.1 Å². The highest BCUT2D eigenvalue weighted by molar-refractivity contribution is 5.86. The van der Waals surface area contributed by atoms with Gasteiger partial charge in [-0.15, -0.1) is 0 Å². The molecule has 3 N–H and O–H groups in total. The monoisotopic (exact) mass is 328 g/mol. The third-order valence-electron chi connectivity index (χ3n) is 4.40. The van der Waals surface area contributed by atoms with Gasteiger partial charge in [0.25, 0.3) is 0 Å². The zero-order valence-corrected chi connectivity index (χ0v) is 13.2. The number of rotatable bonds is 4. The van der Waals surface area contributed by atoms with Crippen molar-refractivity contribution in [2.24, 2.45) is 5.73 Å². The molecule has 0 aromatic heterocycles. The van der Waals surface area contributed by atoms with Crippen LogP contribution >= 0.6 is 0 Å². The van der Waals surface area contributed by atoms with Gasteiger partial charge in [0.2, 0.25) is 5.91 Å². The quantitative estimate of drug-likeness (QED) is 0.890. The van der Waals surface area contributed by atoms with Crippen molar-refractivity contribution in [1.82, 2.24) is 5.32 Å². The molecule has 0 radical (unpaired) electrons. The standard InChI is InChI=1S/C17H23F3N2O/c1-12(22-15(23)16(21)9-3-2-4-10-16)11-13-5-7-14(8-6-13)17(18,19)20/h5-8,12H,2-4,9-11,21H2,1H3,(H,22,23). The normalized spacial score (nSPS) is 19.2. The summed E-state index contributed by atoms with van der Waals surface area (Å²) in [4.78, 5) is 12.3. The van der Waals surface area contributed by atoms with E-state index in [9.17, 15) is 18.0 Å². The molecule has 3 nitrogen and oxygen atoms in total. The van der Waals surface area contributed by atoms with Crippen LogP contribution in [0.1, 0.15) is 50.2 Å². The molecule has 2 rings (SSSR count). The lowest BCUT2D eigenvalue weighted by atomic mass is 9.81. The van der Waals surface area contributed by atoms with Gasteiger partial charge in [-0.2, -0.15) is 13.2 Å². The first-order chi connectivity index (χ1) is 10.7. The number of halogens is 3. The zero-order valence-electron chi connectivity index (χ0n) is 13.2. The van der Waals surface area contributed by atoms with Crippen LogP contribution in [-0.4, -0.2) is 17.5 Å². The van der Waals surface area contributed by atoms with Gasteiger partial charge in [0, 0.05) is 6.04 Å². The molecule has 0 spiro atoms. The van der Waals surface area contributed by atoms with E-state index < -0.39 is 17.3 Å². The smallest absolute Gasteiger partial charge is 0.352 e. The van der Waals surface area contributed by atoms with Crippen molar-refractivity contribution in [2.45, 2.75) is 63.2 Å². The number of amides is 1. The van der Waals surface area contributed by atoms with Gasteiger partial charge < -0.3 is 11.1 Å². The fourth-order valence-corrected chi connectivity index (χ4v) is 3.01. The molecule has 1 aliphatic carbocycles. The molecule has 0 saturated heterocycles. The summed E-state index contributed by atoms with van der Waals surface area (Å²) in [5.41, 5.74) is 5.46. The Morgan fingerprint density at radius 2 is 1.78 bits per heavy atom. The minimum absolute atomic E-state index is 0.156. The van der Waals surface area contributed by atoms with Crippen molar-refractivity contribution < 1.29 is 18.0 Å². The Morgan fingerprint density at radius 3 is 2.30 bits per heavy atom. The molecule has 1 atom stereocenters. The summed E-state index contributed by atoms with van der Waals surface area (Å²) in [5, 5.41) is 2.90. The van der Waals surface area contributed by atoms with Crippen LogP contribution in [0.2, 0.25) is 0 Å². The molecule has 0 heterocycles. The molecule has 1 amide bonds. The van der Waals surface area contributed by atoms with Crippen LogP contribution in [0.25, 0.3) is 0 Å². The fraction of sp³-hybridized carbons (Fsp3) is 0.588. The van der Waals surface area contributed by atoms with Gasteiger partial charge in [-0.3, -0.25) is 4.79 Å². The van der Waals surface area contributed by atoms with Crippen molar-refractivity contribution >= 4 is 5.91 Å². The minimum Gasteiger partial charge on any atom is -0.352 e. The van der Waals surface area contributed by atoms with E-state index in [2.05, 4.69) is 5.32 Å². The average molecular weight is 328 g/mol. The van der Waals surface area contributed by atoms with Gasteiger partial charge in [-0.1, -0.05) is 31.4 Å². The van der Waals surface area contributed by atoms with Gasteiger partial charge in [0.15, 0.2) is 0 Å². The molecule has 1 aromatic carbocycles. The molecule has 1 aliphatic rings. The molecule has 6 heteroatoms. The Kier molecular flexibility index (Phi) is 5.34. The van der Waals surface area contributed by atoms with E-state index >= 15 is 0 Å². The van der Waals surface area contributed by atoms with E-state index in [1.54, 1.807) is 0 Å². The SMILES string of the molecule is CC(Cc1ccc(C(F)(F)F)cc1)NC(=O)C1(N)CCCCC1. The number of alkyl halides is 3. The fourth-order valence-electron chi connectivity index (χ4n) is 3.01. The summed E-state index contributed by atoms with van der Waals surface area (Å²) < 4.78 is 37.6. The molecule has 1 fully saturated rings. The lowest BCUT2D eigenvalue weighted by Crippen LogP contribution is -2.56. The summed E-state index contributed by atoms with van der Waals surface area (Å²) in [6.45, 7) is 1.84. The number of hydrogen-bond acceptors (Lipinski definition) is 2. The van der Waals surface area contributed by atoms with Crippen molar-refractivity contribution in [1.29, 1.82) is 0 Å². The van der Waals surface area contributed by atoms with Crippen LogP contribution in [0.3, 0.4) is 0 Å². The van der Waals surface area contributed by atoms with Crippen LogP contribution in [0.4, 0.5) is 13.2 Å². The van der Waals surface area contributed by atoms with Crippen molar-refractivity contribution in [2.75, 3.05) is 0 Å². The third kappa shape index (κ3) is 4.70. The highest BCUT2D eigenvalue weighted by Crippen LogP contribution is 2.29. The Hall–Kier alpha value is -1.56. The summed E-state index contributed by atoms with van der Waals surface area (Å²) in [6.07, 6.45) is 0.532. The molecule has 1 aromatic rings. The van der Waals surface area contributed by atoms with Crippen molar-refractivity contribution in [3.05, 3.63) is 35.4 Å². The number of hydrogen-bond donors (Lipinski definition) is 2. The summed E-state index contributed by atoms with van der Waals surface area (Å²) in [5.74, 6) is -0.156. The van der Waals surface area contributed by atoms with Gasteiger partial charge in [-0.05, 0) is 43.9 Å². The number of nitrogens with two attached hydrogens (primary N) is 1. The first kappa shape index (κ1) is 17.8. The van der Waals surface area contributed by atoms with Crippen LogP contribution < -0.4 is 11.1 Å². The Labute approximate surface area is 134 Å². The van der Waals surface area contributed by atoms with Gasteiger partial charge in [0.1, 0.15) is 0 Å². The van der Waals surface area contributed by atoms with Crippen LogP contribution in [-0.2, 0) is 17.4 Å². The highest BCUT2D eigenvalue weighted by Gasteiger charge is 2.35. The number of carbonyl (C=O) groups excluding carboxylic acids is 1. The maximum Gasteiger partial charge on any atom is 0.416 e. The maximum absolute atomic E-state index is 12.5. The maximum atomic E-state index is 12.5. The predicted molar refractivity (Wildman–Crippen MR) is 82.8 cm³/mol. The second-order valence-corrected chi connectivity index (χ2v) is 6.49. The highest BCUT2D eigenvalue weighted by atomic mass is 19.4. The molecule has 0 bridgehead atoms. The second-order valence-electron chi connectivity index (χ2n) is 6.49. The number of benzene rings is 1. The second kappa shape index (κ2) is 6.91. The van der Waals surface area contributed by atoms with Crippen LogP contribution in [0.5, 0.6) is 0 Å². The molecule has 1 unspecified atom stereocenters. The lowest BCUT2D eigenvalue weighted by Gasteiger charge is -2.33. The molecular formula is C17H23F3N2O. The summed E-state index contributed by atoms with van der Waals surface area (Å²) in [7, 11) is 0. The van der Waals surface area contributed by atoms with Crippen LogP contribution in [0, 0.1) is 0 Å². The molecule has 128 valence electrons. The largest absolute Gasteiger partial charge is 0.416 e. The average Bonchev–Trinajstić information content (AvgIpc) is 2.47. The first-order valence-electron chi connectivity index (χ1n) is 7.97. The van der Waals surface area contributed by atoms with E-state index in [1.165, 1.54) is 12.1 Å². The predicted octanol–water partition coefficient (Wildman–Crippen LogP) is 3.41. The summed E-state index contributed by atoms with van der Waals surface area (Å²) in [6, 6.07) is 4.85. The zero-order chi connectivity index (χ0) is 17.1. The lowest BCUT2D eigenvalue weighted by molar-refractivity contribution is -0.137. The molecule has 1 saturated carbocycles. The molecular weight excluding hydrogens is 305 g/mol. The Bertz CT molecular complexity index is 534. The van der Waals surface area contributed by atoms with E-state index in [0.29, 0.717) is 19.3 Å². The van der Waals surface area contributed by atoms with Crippen LogP contribution in [0.15, 0.2) is 24.3 Å². The summed E-state index contributed by atoms with van der Waals surface area (Å²) >= 11 is 0. The van der Waals surface area contributed by atoms with E-state index in [-0.39, 0.29) is 11.9 Å². The van der Waals surface area contributed by atoms with Crippen molar-refractivity contribution in [3.63, 3.8) is 0 Å². The minimum atomic E-state index is -4.33. The van der Waals surface area contributed by atoms with Gasteiger partial charge in [0.05, 0.1) is 11.1 Å². The number of nitrogens with one attached hydrogen (secondary N) is 1. The van der Waals surface area contributed by atoms with E-state index in [4.69, 9.17) is 5.73 Å². The van der Waals surface area contributed by atoms with Gasteiger partial charge in [-0.25, -0.2) is 0 Å². The Balaban J connectivity index is 1.91. The molecule has 23 heavy (non-hydrogen) atoms. The van der Waals surface area contributed by atoms with E-state index in [1.807, 2.05) is 6.92 Å². The van der Waals surface area contributed by atoms with Gasteiger partial charge >= 0.3 is 6.18 Å². The first-order valence-corrected chi connectivity index (χ1v) is 7.97.